The van der Waals surface area contributed by atoms with E-state index in [0.29, 0.717) is 5.52 Å². The standard InChI is InChI=1S/C12H10N4O4S/c1-21(19,20)7-4-2-3-6-8(7)16-11(15-6)9-10(12(17)18)14-5-13-9/h2-5H,1H3,(H,13,14)(H,15,16)(H,17,18). The summed E-state index contributed by atoms with van der Waals surface area (Å²) < 4.78 is 23.5. The number of para-hydroxylation sites is 1. The van der Waals surface area contributed by atoms with Crippen LogP contribution in [0.4, 0.5) is 0 Å². The second kappa shape index (κ2) is 4.42. The van der Waals surface area contributed by atoms with E-state index in [4.69, 9.17) is 5.11 Å². The highest BCUT2D eigenvalue weighted by Gasteiger charge is 2.20. The van der Waals surface area contributed by atoms with Crippen molar-refractivity contribution >= 4 is 26.8 Å². The molecule has 3 N–H and O–H groups in total. The Morgan fingerprint density at radius 2 is 2.10 bits per heavy atom. The molecular formula is C12H10N4O4S. The fraction of sp³-hybridized carbons (Fsp3) is 0.0833. The molecule has 2 aromatic heterocycles. The van der Waals surface area contributed by atoms with E-state index in [1.165, 1.54) is 12.4 Å². The number of fused-ring (bicyclic) bond motifs is 1. The first kappa shape index (κ1) is 13.3. The van der Waals surface area contributed by atoms with Crippen molar-refractivity contribution in [3.63, 3.8) is 0 Å². The number of carbonyl (C=O) groups is 1. The molecule has 8 nitrogen and oxygen atoms in total. The highest BCUT2D eigenvalue weighted by Crippen LogP contribution is 2.25. The molecule has 2 heterocycles. The molecule has 9 heteroatoms. The minimum atomic E-state index is -3.44. The monoisotopic (exact) mass is 306 g/mol. The van der Waals surface area contributed by atoms with Crippen LogP contribution < -0.4 is 0 Å². The molecule has 3 aromatic rings. The molecule has 0 amide bonds. The van der Waals surface area contributed by atoms with Gasteiger partial charge in [-0.15, -0.1) is 0 Å². The van der Waals surface area contributed by atoms with Crippen LogP contribution in [-0.2, 0) is 9.84 Å². The van der Waals surface area contributed by atoms with E-state index in [1.807, 2.05) is 0 Å². The second-order valence-electron chi connectivity index (χ2n) is 4.44. The zero-order valence-corrected chi connectivity index (χ0v) is 11.6. The molecule has 0 unspecified atom stereocenters. The largest absolute Gasteiger partial charge is 0.477 e. The van der Waals surface area contributed by atoms with Gasteiger partial charge in [0, 0.05) is 6.26 Å². The molecular weight excluding hydrogens is 296 g/mol. The molecule has 0 saturated carbocycles. The summed E-state index contributed by atoms with van der Waals surface area (Å²) in [5.74, 6) is -0.981. The number of benzene rings is 1. The maximum Gasteiger partial charge on any atom is 0.354 e. The number of aromatic nitrogens is 4. The molecule has 3 rings (SSSR count). The molecule has 0 fully saturated rings. The Kier molecular flexibility index (Phi) is 2.80. The fourth-order valence-electron chi connectivity index (χ4n) is 2.05. The molecule has 0 radical (unpaired) electrons. The average molecular weight is 306 g/mol. The number of nitrogens with zero attached hydrogens (tertiary/aromatic N) is 2. The summed E-state index contributed by atoms with van der Waals surface area (Å²) in [6, 6.07) is 4.70. The lowest BCUT2D eigenvalue weighted by atomic mass is 10.3. The van der Waals surface area contributed by atoms with Gasteiger partial charge in [-0.2, -0.15) is 0 Å². The van der Waals surface area contributed by atoms with Gasteiger partial charge in [0.05, 0.1) is 16.7 Å². The summed E-state index contributed by atoms with van der Waals surface area (Å²) in [4.78, 5) is 24.7. The van der Waals surface area contributed by atoms with Crippen LogP contribution in [0.5, 0.6) is 0 Å². The number of aromatic amines is 2. The number of carboxylic acids is 1. The number of carboxylic acid groups (broad SMARTS) is 1. The van der Waals surface area contributed by atoms with Crippen molar-refractivity contribution in [1.82, 2.24) is 19.9 Å². The van der Waals surface area contributed by atoms with E-state index in [1.54, 1.807) is 12.1 Å². The molecule has 0 spiro atoms. The highest BCUT2D eigenvalue weighted by atomic mass is 32.2. The smallest absolute Gasteiger partial charge is 0.354 e. The molecule has 108 valence electrons. The Bertz CT molecular complexity index is 955. The first-order chi connectivity index (χ1) is 9.88. The van der Waals surface area contributed by atoms with E-state index >= 15 is 0 Å². The highest BCUT2D eigenvalue weighted by molar-refractivity contribution is 7.91. The van der Waals surface area contributed by atoms with Crippen molar-refractivity contribution < 1.29 is 18.3 Å². The lowest BCUT2D eigenvalue weighted by Crippen LogP contribution is -2.00. The Hall–Kier alpha value is -2.68. The van der Waals surface area contributed by atoms with E-state index in [-0.39, 0.29) is 27.6 Å². The fourth-order valence-corrected chi connectivity index (χ4v) is 2.89. The summed E-state index contributed by atoms with van der Waals surface area (Å²) in [7, 11) is -3.44. The lowest BCUT2D eigenvalue weighted by Gasteiger charge is -1.97. The summed E-state index contributed by atoms with van der Waals surface area (Å²) in [6.45, 7) is 0. The van der Waals surface area contributed by atoms with E-state index < -0.39 is 15.8 Å². The van der Waals surface area contributed by atoms with Crippen LogP contribution in [-0.4, -0.2) is 45.7 Å². The number of hydrogen-bond acceptors (Lipinski definition) is 5. The van der Waals surface area contributed by atoms with Gasteiger partial charge in [0.1, 0.15) is 11.2 Å². The van der Waals surface area contributed by atoms with Crippen LogP contribution in [0.25, 0.3) is 22.6 Å². The van der Waals surface area contributed by atoms with Gasteiger partial charge < -0.3 is 15.1 Å². The minimum Gasteiger partial charge on any atom is -0.477 e. The number of H-pyrrole nitrogens is 2. The minimum absolute atomic E-state index is 0.0786. The molecule has 0 aliphatic heterocycles. The molecule has 0 saturated heterocycles. The number of aromatic carboxylic acids is 1. The van der Waals surface area contributed by atoms with Crippen molar-refractivity contribution in [2.24, 2.45) is 0 Å². The molecule has 0 atom stereocenters. The number of rotatable bonds is 3. The number of sulfone groups is 1. The summed E-state index contributed by atoms with van der Waals surface area (Å²) in [6.07, 6.45) is 2.33. The summed E-state index contributed by atoms with van der Waals surface area (Å²) >= 11 is 0. The quantitative estimate of drug-likeness (QED) is 0.663. The maximum atomic E-state index is 11.7. The van der Waals surface area contributed by atoms with Gasteiger partial charge in [0.15, 0.2) is 21.4 Å². The van der Waals surface area contributed by atoms with Crippen molar-refractivity contribution in [1.29, 1.82) is 0 Å². The predicted molar refractivity (Wildman–Crippen MR) is 73.7 cm³/mol. The van der Waals surface area contributed by atoms with Crippen LogP contribution in [0.15, 0.2) is 29.4 Å². The van der Waals surface area contributed by atoms with Crippen molar-refractivity contribution in [2.75, 3.05) is 6.26 Å². The van der Waals surface area contributed by atoms with E-state index in [0.717, 1.165) is 6.26 Å². The van der Waals surface area contributed by atoms with Gasteiger partial charge in [0.2, 0.25) is 0 Å². The maximum absolute atomic E-state index is 11.7. The van der Waals surface area contributed by atoms with Gasteiger partial charge in [-0.1, -0.05) is 6.07 Å². The van der Waals surface area contributed by atoms with Crippen LogP contribution in [0.3, 0.4) is 0 Å². The SMILES string of the molecule is CS(=O)(=O)c1cccc2[nH]c(-c3nc[nH]c3C(=O)O)nc12. The molecule has 0 bridgehead atoms. The topological polar surface area (TPSA) is 129 Å². The van der Waals surface area contributed by atoms with Crippen LogP contribution >= 0.6 is 0 Å². The predicted octanol–water partition coefficient (Wildman–Crippen LogP) is 1.05. The molecule has 0 aliphatic carbocycles. The average Bonchev–Trinajstić information content (AvgIpc) is 3.02. The third-order valence-electron chi connectivity index (χ3n) is 2.95. The van der Waals surface area contributed by atoms with Crippen molar-refractivity contribution in [3.8, 4) is 11.5 Å². The lowest BCUT2D eigenvalue weighted by molar-refractivity contribution is 0.0692. The van der Waals surface area contributed by atoms with Gasteiger partial charge >= 0.3 is 5.97 Å². The molecule has 0 aliphatic rings. The first-order valence-electron chi connectivity index (χ1n) is 5.84. The number of nitrogens with one attached hydrogen (secondary N) is 2. The zero-order valence-electron chi connectivity index (χ0n) is 10.8. The summed E-state index contributed by atoms with van der Waals surface area (Å²) in [5, 5.41) is 9.07. The van der Waals surface area contributed by atoms with Crippen molar-refractivity contribution in [2.45, 2.75) is 4.90 Å². The van der Waals surface area contributed by atoms with Gasteiger partial charge in [-0.25, -0.2) is 23.2 Å². The van der Waals surface area contributed by atoms with E-state index in [2.05, 4.69) is 19.9 Å². The second-order valence-corrected chi connectivity index (χ2v) is 6.43. The van der Waals surface area contributed by atoms with E-state index in [9.17, 15) is 13.2 Å². The normalized spacial score (nSPS) is 11.9. The Labute approximate surface area is 118 Å². The van der Waals surface area contributed by atoms with Gasteiger partial charge in [-0.05, 0) is 12.1 Å². The van der Waals surface area contributed by atoms with Crippen LogP contribution in [0, 0.1) is 0 Å². The van der Waals surface area contributed by atoms with Crippen LogP contribution in [0.2, 0.25) is 0 Å². The number of imidazole rings is 2. The van der Waals surface area contributed by atoms with Gasteiger partial charge in [-0.3, -0.25) is 0 Å². The number of hydrogen-bond donors (Lipinski definition) is 3. The van der Waals surface area contributed by atoms with Gasteiger partial charge in [0.25, 0.3) is 0 Å². The Balaban J connectivity index is 2.27. The Morgan fingerprint density at radius 3 is 2.76 bits per heavy atom. The molecule has 21 heavy (non-hydrogen) atoms. The summed E-state index contributed by atoms with van der Waals surface area (Å²) in [5.41, 5.74) is 0.759. The zero-order chi connectivity index (χ0) is 15.2. The van der Waals surface area contributed by atoms with Crippen LogP contribution in [0.1, 0.15) is 10.5 Å². The third kappa shape index (κ3) is 2.17. The first-order valence-corrected chi connectivity index (χ1v) is 7.73. The molecule has 1 aromatic carbocycles. The Morgan fingerprint density at radius 1 is 1.33 bits per heavy atom. The van der Waals surface area contributed by atoms with Crippen molar-refractivity contribution in [3.05, 3.63) is 30.2 Å². The third-order valence-corrected chi connectivity index (χ3v) is 4.08.